The molecule has 0 bridgehead atoms. The normalized spacial score (nSPS) is 11.1. The molecule has 1 heterocycles. The first-order valence-corrected chi connectivity index (χ1v) is 5.29. The fourth-order valence-electron chi connectivity index (χ4n) is 1.11. The standard InChI is InChI=1S/C11H16N2O4/c1-5-16-9(14)8-6-7-12-13(8)10(15)17-11(2,3)4/h6-7H,5H2,1-4H3. The average Bonchev–Trinajstić information content (AvgIpc) is 2.63. The third-order valence-electron chi connectivity index (χ3n) is 1.69. The molecule has 0 N–H and O–H groups in total. The van der Waals surface area contributed by atoms with Gasteiger partial charge in [0.1, 0.15) is 5.60 Å². The van der Waals surface area contributed by atoms with E-state index in [0.29, 0.717) is 0 Å². The van der Waals surface area contributed by atoms with Gasteiger partial charge < -0.3 is 9.47 Å². The summed E-state index contributed by atoms with van der Waals surface area (Å²) in [6, 6.07) is 1.40. The number of rotatable bonds is 2. The van der Waals surface area contributed by atoms with Crippen molar-refractivity contribution in [1.82, 2.24) is 9.78 Å². The van der Waals surface area contributed by atoms with Crippen LogP contribution in [0.4, 0.5) is 4.79 Å². The van der Waals surface area contributed by atoms with Crippen molar-refractivity contribution < 1.29 is 19.1 Å². The molecule has 1 rings (SSSR count). The van der Waals surface area contributed by atoms with Gasteiger partial charge in [0, 0.05) is 0 Å². The molecule has 1 aromatic heterocycles. The molecular weight excluding hydrogens is 224 g/mol. The molecule has 0 saturated carbocycles. The first kappa shape index (κ1) is 13.2. The third kappa shape index (κ3) is 3.58. The van der Waals surface area contributed by atoms with E-state index in [4.69, 9.17) is 9.47 Å². The minimum absolute atomic E-state index is 0.0566. The van der Waals surface area contributed by atoms with E-state index in [-0.39, 0.29) is 12.3 Å². The number of ether oxygens (including phenoxy) is 2. The predicted molar refractivity (Wildman–Crippen MR) is 59.8 cm³/mol. The van der Waals surface area contributed by atoms with Gasteiger partial charge in [0.2, 0.25) is 0 Å². The van der Waals surface area contributed by atoms with E-state index >= 15 is 0 Å². The molecule has 6 nitrogen and oxygen atoms in total. The first-order valence-electron chi connectivity index (χ1n) is 5.29. The minimum Gasteiger partial charge on any atom is -0.461 e. The van der Waals surface area contributed by atoms with Gasteiger partial charge in [-0.05, 0) is 33.8 Å². The van der Waals surface area contributed by atoms with Crippen molar-refractivity contribution in [1.29, 1.82) is 0 Å². The van der Waals surface area contributed by atoms with Crippen LogP contribution >= 0.6 is 0 Å². The number of aromatic nitrogens is 2. The molecule has 0 aromatic carbocycles. The van der Waals surface area contributed by atoms with Crippen LogP contribution in [0.5, 0.6) is 0 Å². The van der Waals surface area contributed by atoms with Crippen LogP contribution in [-0.2, 0) is 9.47 Å². The van der Waals surface area contributed by atoms with E-state index in [1.54, 1.807) is 27.7 Å². The van der Waals surface area contributed by atoms with Crippen LogP contribution in [0.3, 0.4) is 0 Å². The number of hydrogen-bond acceptors (Lipinski definition) is 5. The Kier molecular flexibility index (Phi) is 3.88. The number of hydrogen-bond donors (Lipinski definition) is 0. The Morgan fingerprint density at radius 3 is 2.59 bits per heavy atom. The summed E-state index contributed by atoms with van der Waals surface area (Å²) in [4.78, 5) is 23.2. The molecule has 17 heavy (non-hydrogen) atoms. The van der Waals surface area contributed by atoms with Gasteiger partial charge in [-0.25, -0.2) is 9.59 Å². The average molecular weight is 240 g/mol. The Bertz CT molecular complexity index is 417. The van der Waals surface area contributed by atoms with Crippen molar-refractivity contribution in [2.75, 3.05) is 6.61 Å². The monoisotopic (exact) mass is 240 g/mol. The smallest absolute Gasteiger partial charge is 0.436 e. The maximum absolute atomic E-state index is 11.7. The van der Waals surface area contributed by atoms with E-state index in [1.165, 1.54) is 12.3 Å². The Morgan fingerprint density at radius 2 is 2.06 bits per heavy atom. The number of esters is 1. The van der Waals surface area contributed by atoms with Crippen molar-refractivity contribution in [2.45, 2.75) is 33.3 Å². The van der Waals surface area contributed by atoms with Gasteiger partial charge in [-0.3, -0.25) is 0 Å². The highest BCUT2D eigenvalue weighted by atomic mass is 16.6. The summed E-state index contributed by atoms with van der Waals surface area (Å²) in [6.07, 6.45) is 0.640. The predicted octanol–water partition coefficient (Wildman–Crippen LogP) is 1.84. The zero-order valence-corrected chi connectivity index (χ0v) is 10.4. The summed E-state index contributed by atoms with van der Waals surface area (Å²) in [5.41, 5.74) is -0.587. The molecule has 0 aliphatic rings. The van der Waals surface area contributed by atoms with Crippen LogP contribution in [0.2, 0.25) is 0 Å². The topological polar surface area (TPSA) is 70.4 Å². The Labute approximate surface area is 99.5 Å². The first-order chi connectivity index (χ1) is 7.85. The maximum Gasteiger partial charge on any atom is 0.436 e. The number of nitrogens with zero attached hydrogens (tertiary/aromatic N) is 2. The molecule has 94 valence electrons. The summed E-state index contributed by atoms with van der Waals surface area (Å²) in [5.74, 6) is -0.601. The largest absolute Gasteiger partial charge is 0.461 e. The highest BCUT2D eigenvalue weighted by molar-refractivity contribution is 5.91. The number of carbonyl (C=O) groups excluding carboxylic acids is 2. The van der Waals surface area contributed by atoms with Crippen LogP contribution < -0.4 is 0 Å². The van der Waals surface area contributed by atoms with Crippen LogP contribution in [0.25, 0.3) is 0 Å². The lowest BCUT2D eigenvalue weighted by atomic mass is 10.2. The molecule has 6 heteroatoms. The number of carbonyl (C=O) groups is 2. The Balaban J connectivity index is 2.89. The Hall–Kier alpha value is -1.85. The van der Waals surface area contributed by atoms with Crippen molar-refractivity contribution in [2.24, 2.45) is 0 Å². The molecule has 0 fully saturated rings. The molecule has 1 aromatic rings. The van der Waals surface area contributed by atoms with Gasteiger partial charge in [-0.15, -0.1) is 0 Å². The molecule has 0 amide bonds. The maximum atomic E-state index is 11.7. The summed E-state index contributed by atoms with van der Waals surface area (Å²) < 4.78 is 10.8. The van der Waals surface area contributed by atoms with Gasteiger partial charge in [0.25, 0.3) is 0 Å². The van der Waals surface area contributed by atoms with Crippen molar-refractivity contribution >= 4 is 12.1 Å². The second-order valence-electron chi connectivity index (χ2n) is 4.33. The molecule has 0 radical (unpaired) electrons. The minimum atomic E-state index is -0.703. The van der Waals surface area contributed by atoms with E-state index < -0.39 is 17.7 Å². The molecule has 0 spiro atoms. The van der Waals surface area contributed by atoms with E-state index in [2.05, 4.69) is 5.10 Å². The molecular formula is C11H16N2O4. The van der Waals surface area contributed by atoms with Gasteiger partial charge >= 0.3 is 12.1 Å². The fourth-order valence-corrected chi connectivity index (χ4v) is 1.11. The lowest BCUT2D eigenvalue weighted by Gasteiger charge is -2.19. The zero-order valence-electron chi connectivity index (χ0n) is 10.4. The van der Waals surface area contributed by atoms with Gasteiger partial charge in [-0.1, -0.05) is 0 Å². The summed E-state index contributed by atoms with van der Waals surface area (Å²) >= 11 is 0. The third-order valence-corrected chi connectivity index (χ3v) is 1.69. The van der Waals surface area contributed by atoms with E-state index in [1.807, 2.05) is 0 Å². The molecule has 0 saturated heterocycles. The molecule has 0 atom stereocenters. The van der Waals surface area contributed by atoms with Crippen molar-refractivity contribution in [3.8, 4) is 0 Å². The van der Waals surface area contributed by atoms with Gasteiger partial charge in [0.15, 0.2) is 5.69 Å². The van der Waals surface area contributed by atoms with Crippen LogP contribution in [0.1, 0.15) is 38.2 Å². The lowest BCUT2D eigenvalue weighted by molar-refractivity contribution is 0.0433. The van der Waals surface area contributed by atoms with Crippen LogP contribution in [0, 0.1) is 0 Å². The SMILES string of the molecule is CCOC(=O)c1ccnn1C(=O)OC(C)(C)C. The molecule has 0 unspecified atom stereocenters. The van der Waals surface area contributed by atoms with E-state index in [0.717, 1.165) is 4.68 Å². The summed E-state index contributed by atoms with van der Waals surface area (Å²) in [7, 11) is 0. The summed E-state index contributed by atoms with van der Waals surface area (Å²) in [5, 5.41) is 3.74. The fraction of sp³-hybridized carbons (Fsp3) is 0.545. The van der Waals surface area contributed by atoms with Crippen LogP contribution in [0.15, 0.2) is 12.3 Å². The van der Waals surface area contributed by atoms with Crippen LogP contribution in [-0.4, -0.2) is 34.1 Å². The van der Waals surface area contributed by atoms with Gasteiger partial charge in [-0.2, -0.15) is 9.78 Å². The second kappa shape index (κ2) is 4.99. The highest BCUT2D eigenvalue weighted by Crippen LogP contribution is 2.10. The van der Waals surface area contributed by atoms with Gasteiger partial charge in [0.05, 0.1) is 12.8 Å². The zero-order chi connectivity index (χ0) is 13.1. The summed E-state index contributed by atoms with van der Waals surface area (Å²) in [6.45, 7) is 7.12. The Morgan fingerprint density at radius 1 is 1.41 bits per heavy atom. The molecule has 0 aliphatic heterocycles. The molecule has 0 aliphatic carbocycles. The second-order valence-corrected chi connectivity index (χ2v) is 4.33. The quantitative estimate of drug-likeness (QED) is 0.738. The van der Waals surface area contributed by atoms with E-state index in [9.17, 15) is 9.59 Å². The van der Waals surface area contributed by atoms with Crippen molar-refractivity contribution in [3.05, 3.63) is 18.0 Å². The van der Waals surface area contributed by atoms with Crippen molar-refractivity contribution in [3.63, 3.8) is 0 Å². The highest BCUT2D eigenvalue weighted by Gasteiger charge is 2.23. The lowest BCUT2D eigenvalue weighted by Crippen LogP contribution is -2.29.